The highest BCUT2D eigenvalue weighted by Crippen LogP contribution is 2.21. The van der Waals surface area contributed by atoms with Crippen LogP contribution in [0.1, 0.15) is 19.4 Å². The van der Waals surface area contributed by atoms with Crippen molar-refractivity contribution in [3.05, 3.63) is 29.8 Å². The van der Waals surface area contributed by atoms with Gasteiger partial charge in [0.15, 0.2) is 0 Å². The van der Waals surface area contributed by atoms with E-state index in [1.54, 1.807) is 0 Å². The van der Waals surface area contributed by atoms with Crippen LogP contribution in [0.15, 0.2) is 24.3 Å². The van der Waals surface area contributed by atoms with E-state index in [2.05, 4.69) is 22.8 Å². The molecule has 0 spiro atoms. The minimum absolute atomic E-state index is 0.241. The third kappa shape index (κ3) is 5.79. The summed E-state index contributed by atoms with van der Waals surface area (Å²) in [6.45, 7) is 9.16. The first-order chi connectivity index (χ1) is 10.9. The molecule has 0 saturated carbocycles. The molecule has 1 saturated heterocycles. The van der Waals surface area contributed by atoms with Crippen molar-refractivity contribution in [2.24, 2.45) is 0 Å². The highest BCUT2D eigenvalue weighted by molar-refractivity contribution is 7.90. The number of rotatable bonds is 7. The van der Waals surface area contributed by atoms with Crippen molar-refractivity contribution in [1.82, 2.24) is 9.80 Å². The van der Waals surface area contributed by atoms with E-state index in [4.69, 9.17) is 4.74 Å². The molecule has 1 atom stereocenters. The molecule has 0 bridgehead atoms. The maximum Gasteiger partial charge on any atom is 0.148 e. The Morgan fingerprint density at radius 1 is 1.26 bits per heavy atom. The van der Waals surface area contributed by atoms with E-state index < -0.39 is 9.84 Å². The van der Waals surface area contributed by atoms with Gasteiger partial charge in [-0.2, -0.15) is 0 Å². The highest BCUT2D eigenvalue weighted by atomic mass is 32.2. The predicted octanol–water partition coefficient (Wildman–Crippen LogP) is 1.64. The fraction of sp³-hybridized carbons (Fsp3) is 0.647. The first-order valence-corrected chi connectivity index (χ1v) is 10.3. The van der Waals surface area contributed by atoms with Gasteiger partial charge in [0.2, 0.25) is 0 Å². The molecule has 6 heteroatoms. The van der Waals surface area contributed by atoms with Gasteiger partial charge in [0.05, 0.1) is 12.4 Å². The van der Waals surface area contributed by atoms with Crippen molar-refractivity contribution in [2.45, 2.75) is 26.4 Å². The molecular formula is C17H28N2O3S. The topological polar surface area (TPSA) is 49.9 Å². The normalized spacial score (nSPS) is 20.6. The molecule has 1 aliphatic heterocycles. The molecule has 2 rings (SSSR count). The predicted molar refractivity (Wildman–Crippen MR) is 93.6 cm³/mol. The third-order valence-electron chi connectivity index (χ3n) is 4.26. The zero-order valence-electron chi connectivity index (χ0n) is 14.4. The summed E-state index contributed by atoms with van der Waals surface area (Å²) in [7, 11) is -2.89. The van der Waals surface area contributed by atoms with Gasteiger partial charge in [-0.05, 0) is 19.9 Å². The Balaban J connectivity index is 1.90. The van der Waals surface area contributed by atoms with E-state index in [1.807, 2.05) is 25.1 Å². The molecular weight excluding hydrogens is 312 g/mol. The molecule has 0 unspecified atom stereocenters. The number of sulfone groups is 1. The van der Waals surface area contributed by atoms with Gasteiger partial charge in [-0.15, -0.1) is 0 Å². The molecule has 1 aromatic carbocycles. The first kappa shape index (κ1) is 18.2. The summed E-state index contributed by atoms with van der Waals surface area (Å²) in [6.07, 6.45) is 1.30. The lowest BCUT2D eigenvalue weighted by Crippen LogP contribution is -2.52. The van der Waals surface area contributed by atoms with E-state index in [0.29, 0.717) is 19.2 Å². The molecule has 0 aliphatic carbocycles. The number of ether oxygens (including phenoxy) is 1. The molecule has 1 heterocycles. The molecule has 130 valence electrons. The van der Waals surface area contributed by atoms with Crippen molar-refractivity contribution in [1.29, 1.82) is 0 Å². The van der Waals surface area contributed by atoms with Crippen molar-refractivity contribution >= 4 is 9.84 Å². The van der Waals surface area contributed by atoms with Gasteiger partial charge in [0.25, 0.3) is 0 Å². The molecule has 23 heavy (non-hydrogen) atoms. The number of hydrogen-bond acceptors (Lipinski definition) is 5. The Kier molecular flexibility index (Phi) is 6.44. The van der Waals surface area contributed by atoms with Gasteiger partial charge >= 0.3 is 0 Å². The Labute approximate surface area is 140 Å². The summed E-state index contributed by atoms with van der Waals surface area (Å²) in [5.74, 6) is 1.20. The van der Waals surface area contributed by atoms with E-state index in [9.17, 15) is 8.42 Å². The second kappa shape index (κ2) is 8.13. The summed E-state index contributed by atoms with van der Waals surface area (Å²) in [4.78, 5) is 4.69. The second-order valence-electron chi connectivity index (χ2n) is 6.29. The minimum Gasteiger partial charge on any atom is -0.494 e. The monoisotopic (exact) mass is 340 g/mol. The lowest BCUT2D eigenvalue weighted by atomic mass is 10.1. The summed E-state index contributed by atoms with van der Waals surface area (Å²) < 4.78 is 28.4. The van der Waals surface area contributed by atoms with Crippen LogP contribution in [0, 0.1) is 0 Å². The van der Waals surface area contributed by atoms with Crippen LogP contribution in [-0.2, 0) is 16.4 Å². The third-order valence-corrected chi connectivity index (χ3v) is 5.19. The molecule has 0 radical (unpaired) electrons. The number of hydrogen-bond donors (Lipinski definition) is 0. The number of para-hydroxylation sites is 1. The Hall–Kier alpha value is -1.11. The van der Waals surface area contributed by atoms with Crippen molar-refractivity contribution in [3.63, 3.8) is 0 Å². The van der Waals surface area contributed by atoms with Crippen molar-refractivity contribution < 1.29 is 13.2 Å². The van der Waals surface area contributed by atoms with Crippen LogP contribution in [0.25, 0.3) is 0 Å². The van der Waals surface area contributed by atoms with Gasteiger partial charge in [-0.1, -0.05) is 18.2 Å². The van der Waals surface area contributed by atoms with Gasteiger partial charge in [0.1, 0.15) is 15.6 Å². The van der Waals surface area contributed by atoms with Crippen molar-refractivity contribution in [3.8, 4) is 5.75 Å². The maximum absolute atomic E-state index is 11.3. The van der Waals surface area contributed by atoms with Gasteiger partial charge in [-0.3, -0.25) is 9.80 Å². The van der Waals surface area contributed by atoms with Crippen LogP contribution in [0.3, 0.4) is 0 Å². The zero-order valence-corrected chi connectivity index (χ0v) is 15.2. The largest absolute Gasteiger partial charge is 0.494 e. The van der Waals surface area contributed by atoms with Crippen LogP contribution in [0.2, 0.25) is 0 Å². The number of nitrogens with zero attached hydrogens (tertiary/aromatic N) is 2. The minimum atomic E-state index is -2.89. The summed E-state index contributed by atoms with van der Waals surface area (Å²) >= 11 is 0. The molecule has 1 aromatic rings. The van der Waals surface area contributed by atoms with E-state index in [0.717, 1.165) is 31.9 Å². The second-order valence-corrected chi connectivity index (χ2v) is 8.55. The molecule has 0 N–H and O–H groups in total. The van der Waals surface area contributed by atoms with Crippen LogP contribution in [-0.4, -0.2) is 69.1 Å². The average Bonchev–Trinajstić information content (AvgIpc) is 2.48. The highest BCUT2D eigenvalue weighted by Gasteiger charge is 2.24. The summed E-state index contributed by atoms with van der Waals surface area (Å²) in [5, 5.41) is 0. The molecule has 0 aromatic heterocycles. The van der Waals surface area contributed by atoms with E-state index in [1.165, 1.54) is 11.8 Å². The van der Waals surface area contributed by atoms with Gasteiger partial charge < -0.3 is 4.74 Å². The Morgan fingerprint density at radius 3 is 2.65 bits per heavy atom. The van der Waals surface area contributed by atoms with Crippen molar-refractivity contribution in [2.75, 3.05) is 44.8 Å². The lowest BCUT2D eigenvalue weighted by Gasteiger charge is -2.40. The average molecular weight is 340 g/mol. The quantitative estimate of drug-likeness (QED) is 0.755. The van der Waals surface area contributed by atoms with Crippen LogP contribution >= 0.6 is 0 Å². The van der Waals surface area contributed by atoms with Gasteiger partial charge in [0, 0.05) is 50.6 Å². The number of piperazine rings is 1. The summed E-state index contributed by atoms with van der Waals surface area (Å²) in [6, 6.07) is 8.55. The van der Waals surface area contributed by atoms with Crippen LogP contribution in [0.4, 0.5) is 0 Å². The van der Waals surface area contributed by atoms with Crippen LogP contribution in [0.5, 0.6) is 5.75 Å². The molecule has 5 nitrogen and oxygen atoms in total. The lowest BCUT2D eigenvalue weighted by molar-refractivity contribution is 0.0833. The molecule has 0 amide bonds. The van der Waals surface area contributed by atoms with E-state index >= 15 is 0 Å². The fourth-order valence-electron chi connectivity index (χ4n) is 3.00. The standard InChI is InChI=1S/C17H28N2O3S/c1-4-22-17-8-6-5-7-16(17)14-18-9-10-19(15(2)13-18)11-12-23(3,20)21/h5-8,15H,4,9-14H2,1-3H3/t15-/m0/s1. The van der Waals surface area contributed by atoms with Gasteiger partial charge in [-0.25, -0.2) is 8.42 Å². The smallest absolute Gasteiger partial charge is 0.148 e. The zero-order chi connectivity index (χ0) is 16.9. The SMILES string of the molecule is CCOc1ccccc1CN1CCN(CCS(C)(=O)=O)[C@@H](C)C1. The molecule has 1 aliphatic rings. The molecule has 1 fully saturated rings. The Bertz CT molecular complexity index is 604. The maximum atomic E-state index is 11.3. The Morgan fingerprint density at radius 2 is 2.00 bits per heavy atom. The van der Waals surface area contributed by atoms with E-state index in [-0.39, 0.29) is 5.75 Å². The number of benzene rings is 1. The van der Waals surface area contributed by atoms with Crippen LogP contribution < -0.4 is 4.74 Å². The first-order valence-electron chi connectivity index (χ1n) is 8.24. The fourth-order valence-corrected chi connectivity index (χ4v) is 3.57. The summed E-state index contributed by atoms with van der Waals surface area (Å²) in [5.41, 5.74) is 1.21.